The van der Waals surface area contributed by atoms with Crippen molar-refractivity contribution in [3.8, 4) is 0 Å². The van der Waals surface area contributed by atoms with Crippen LogP contribution in [0.1, 0.15) is 27.9 Å². The van der Waals surface area contributed by atoms with Crippen molar-refractivity contribution in [1.82, 2.24) is 20.5 Å². The van der Waals surface area contributed by atoms with Gasteiger partial charge in [0.1, 0.15) is 10.7 Å². The minimum atomic E-state index is -1.09. The molecule has 8 heteroatoms. The highest BCUT2D eigenvalue weighted by Gasteiger charge is 2.09. The van der Waals surface area contributed by atoms with Crippen LogP contribution in [0, 0.1) is 0 Å². The topological polar surface area (TPSA) is 105 Å². The first-order chi connectivity index (χ1) is 10.1. The van der Waals surface area contributed by atoms with E-state index in [9.17, 15) is 9.59 Å². The summed E-state index contributed by atoms with van der Waals surface area (Å²) in [5, 5.41) is 19.8. The van der Waals surface area contributed by atoms with Gasteiger partial charge in [0.05, 0.1) is 0 Å². The molecule has 1 amide bonds. The Morgan fingerprint density at radius 3 is 2.67 bits per heavy atom. The fourth-order valence-electron chi connectivity index (χ4n) is 1.46. The second-order valence-electron chi connectivity index (χ2n) is 3.90. The Morgan fingerprint density at radius 1 is 1.24 bits per heavy atom. The van der Waals surface area contributed by atoms with Crippen LogP contribution in [0.15, 0.2) is 40.4 Å². The first-order valence-electron chi connectivity index (χ1n) is 6.09. The molecule has 108 valence electrons. The van der Waals surface area contributed by atoms with Gasteiger partial charge in [-0.3, -0.25) is 4.79 Å². The van der Waals surface area contributed by atoms with Crippen LogP contribution >= 0.6 is 11.8 Å². The van der Waals surface area contributed by atoms with Crippen LogP contribution in [0.4, 0.5) is 0 Å². The van der Waals surface area contributed by atoms with E-state index in [0.29, 0.717) is 16.5 Å². The largest absolute Gasteiger partial charge is 0.477 e. The summed E-state index contributed by atoms with van der Waals surface area (Å²) in [7, 11) is 0. The Kier molecular flexibility index (Phi) is 4.83. The minimum Gasteiger partial charge on any atom is -0.477 e. The lowest BCUT2D eigenvalue weighted by molar-refractivity contribution is 0.0690. The molecule has 0 aliphatic carbocycles. The van der Waals surface area contributed by atoms with Crippen molar-refractivity contribution in [2.45, 2.75) is 16.8 Å². The van der Waals surface area contributed by atoms with Crippen molar-refractivity contribution in [2.75, 3.05) is 6.54 Å². The van der Waals surface area contributed by atoms with Gasteiger partial charge in [-0.15, -0.1) is 10.2 Å². The number of aromatic nitrogens is 3. The maximum absolute atomic E-state index is 11.5. The zero-order valence-corrected chi connectivity index (χ0v) is 11.9. The van der Waals surface area contributed by atoms with E-state index in [2.05, 4.69) is 20.5 Å². The predicted molar refractivity (Wildman–Crippen MR) is 75.4 cm³/mol. The van der Waals surface area contributed by atoms with Crippen LogP contribution in [-0.4, -0.2) is 38.7 Å². The molecule has 0 aliphatic rings. The molecular formula is C13H12N4O3S. The lowest BCUT2D eigenvalue weighted by atomic mass is 10.3. The molecule has 0 aromatic carbocycles. The summed E-state index contributed by atoms with van der Waals surface area (Å²) in [6.45, 7) is 2.34. The number of hydrogen-bond donors (Lipinski definition) is 2. The summed E-state index contributed by atoms with van der Waals surface area (Å²) in [6, 6.07) is 6.35. The summed E-state index contributed by atoms with van der Waals surface area (Å²) in [6.07, 6.45) is 1.42. The van der Waals surface area contributed by atoms with Crippen molar-refractivity contribution in [3.05, 3.63) is 41.9 Å². The Balaban J connectivity index is 2.11. The third kappa shape index (κ3) is 3.99. The number of nitrogens with one attached hydrogen (secondary N) is 1. The van der Waals surface area contributed by atoms with Crippen molar-refractivity contribution < 1.29 is 14.7 Å². The van der Waals surface area contributed by atoms with Crippen LogP contribution < -0.4 is 5.32 Å². The molecule has 7 nitrogen and oxygen atoms in total. The normalized spacial score (nSPS) is 10.1. The molecule has 0 spiro atoms. The van der Waals surface area contributed by atoms with Gasteiger partial charge in [-0.1, -0.05) is 11.8 Å². The lowest BCUT2D eigenvalue weighted by Gasteiger charge is -2.03. The Morgan fingerprint density at radius 2 is 2.05 bits per heavy atom. The fraction of sp³-hybridized carbons (Fsp3) is 0.154. The average Bonchev–Trinajstić information content (AvgIpc) is 2.48. The molecule has 0 atom stereocenters. The van der Waals surface area contributed by atoms with Crippen LogP contribution in [0.25, 0.3) is 0 Å². The maximum Gasteiger partial charge on any atom is 0.354 e. The SMILES string of the molecule is CCNC(=O)c1ccc(Sc2ccnc(C(=O)O)c2)nn1. The minimum absolute atomic E-state index is 0.0353. The van der Waals surface area contributed by atoms with Gasteiger partial charge in [0, 0.05) is 17.6 Å². The molecule has 2 heterocycles. The molecule has 2 aromatic rings. The number of nitrogens with zero attached hydrogens (tertiary/aromatic N) is 3. The highest BCUT2D eigenvalue weighted by Crippen LogP contribution is 2.25. The molecule has 0 fully saturated rings. The zero-order valence-electron chi connectivity index (χ0n) is 11.1. The number of hydrogen-bond acceptors (Lipinski definition) is 6. The van der Waals surface area contributed by atoms with E-state index in [0.717, 1.165) is 0 Å². The Bertz CT molecular complexity index is 661. The van der Waals surface area contributed by atoms with E-state index in [1.807, 2.05) is 6.92 Å². The Labute approximate surface area is 124 Å². The molecule has 0 unspecified atom stereocenters. The molecule has 0 bridgehead atoms. The zero-order chi connectivity index (χ0) is 15.2. The third-order valence-corrected chi connectivity index (χ3v) is 3.30. The van der Waals surface area contributed by atoms with E-state index in [4.69, 9.17) is 5.11 Å². The predicted octanol–water partition coefficient (Wildman–Crippen LogP) is 1.47. The standard InChI is InChI=1S/C13H12N4O3S/c1-2-14-12(18)9-3-4-11(17-16-9)21-8-5-6-15-10(7-8)13(19)20/h3-7H,2H2,1H3,(H,14,18)(H,19,20). The molecule has 0 aliphatic heterocycles. The van der Waals surface area contributed by atoms with Crippen molar-refractivity contribution >= 4 is 23.6 Å². The third-order valence-electron chi connectivity index (χ3n) is 2.38. The van der Waals surface area contributed by atoms with Gasteiger partial charge in [0.25, 0.3) is 5.91 Å². The number of carboxylic acids is 1. The number of aromatic carboxylic acids is 1. The van der Waals surface area contributed by atoms with Crippen LogP contribution in [0.2, 0.25) is 0 Å². The number of carboxylic acid groups (broad SMARTS) is 1. The summed E-state index contributed by atoms with van der Waals surface area (Å²) in [4.78, 5) is 26.8. The van der Waals surface area contributed by atoms with Crippen LogP contribution in [0.5, 0.6) is 0 Å². The fourth-order valence-corrected chi connectivity index (χ4v) is 2.22. The van der Waals surface area contributed by atoms with Crippen molar-refractivity contribution in [2.24, 2.45) is 0 Å². The molecule has 0 saturated heterocycles. The second kappa shape index (κ2) is 6.80. The summed E-state index contributed by atoms with van der Waals surface area (Å²) in [5.41, 5.74) is 0.203. The number of amides is 1. The van der Waals surface area contributed by atoms with Gasteiger partial charge in [-0.25, -0.2) is 9.78 Å². The number of carbonyl (C=O) groups is 2. The summed E-state index contributed by atoms with van der Waals surface area (Å²) >= 11 is 1.24. The monoisotopic (exact) mass is 304 g/mol. The van der Waals surface area contributed by atoms with E-state index in [-0.39, 0.29) is 17.3 Å². The number of pyridine rings is 1. The van der Waals surface area contributed by atoms with Gasteiger partial charge in [-0.2, -0.15) is 0 Å². The molecule has 0 saturated carbocycles. The molecular weight excluding hydrogens is 292 g/mol. The highest BCUT2D eigenvalue weighted by atomic mass is 32.2. The van der Waals surface area contributed by atoms with E-state index >= 15 is 0 Å². The molecule has 2 N–H and O–H groups in total. The summed E-state index contributed by atoms with van der Waals surface area (Å²) < 4.78 is 0. The molecule has 2 aromatic heterocycles. The first-order valence-corrected chi connectivity index (χ1v) is 6.91. The van der Waals surface area contributed by atoms with E-state index in [1.165, 1.54) is 24.0 Å². The first kappa shape index (κ1) is 14.9. The lowest BCUT2D eigenvalue weighted by Crippen LogP contribution is -2.23. The van der Waals surface area contributed by atoms with Crippen molar-refractivity contribution in [3.63, 3.8) is 0 Å². The van der Waals surface area contributed by atoms with Crippen LogP contribution in [-0.2, 0) is 0 Å². The average molecular weight is 304 g/mol. The molecule has 2 rings (SSSR count). The van der Waals surface area contributed by atoms with E-state index < -0.39 is 5.97 Å². The maximum atomic E-state index is 11.5. The highest BCUT2D eigenvalue weighted by molar-refractivity contribution is 7.99. The second-order valence-corrected chi connectivity index (χ2v) is 4.99. The van der Waals surface area contributed by atoms with Crippen molar-refractivity contribution in [1.29, 1.82) is 0 Å². The van der Waals surface area contributed by atoms with E-state index in [1.54, 1.807) is 18.2 Å². The summed E-state index contributed by atoms with van der Waals surface area (Å²) in [5.74, 6) is -1.37. The van der Waals surface area contributed by atoms with Crippen LogP contribution in [0.3, 0.4) is 0 Å². The number of carbonyl (C=O) groups excluding carboxylic acids is 1. The molecule has 21 heavy (non-hydrogen) atoms. The molecule has 0 radical (unpaired) electrons. The van der Waals surface area contributed by atoms with Gasteiger partial charge >= 0.3 is 5.97 Å². The van der Waals surface area contributed by atoms with Gasteiger partial charge in [0.2, 0.25) is 0 Å². The Hall–Kier alpha value is -2.48. The van der Waals surface area contributed by atoms with Gasteiger partial charge in [0.15, 0.2) is 5.69 Å². The number of rotatable bonds is 5. The van der Waals surface area contributed by atoms with Gasteiger partial charge < -0.3 is 10.4 Å². The van der Waals surface area contributed by atoms with Gasteiger partial charge in [-0.05, 0) is 31.2 Å². The quantitative estimate of drug-likeness (QED) is 0.861. The smallest absolute Gasteiger partial charge is 0.354 e.